The van der Waals surface area contributed by atoms with Crippen LogP contribution in [0.1, 0.15) is 41.2 Å². The van der Waals surface area contributed by atoms with Crippen molar-refractivity contribution in [3.8, 4) is 5.75 Å². The van der Waals surface area contributed by atoms with Gasteiger partial charge in [-0.2, -0.15) is 0 Å². The highest BCUT2D eigenvalue weighted by atomic mass is 16.5. The molecule has 1 fully saturated rings. The van der Waals surface area contributed by atoms with E-state index in [0.29, 0.717) is 6.54 Å². The van der Waals surface area contributed by atoms with Gasteiger partial charge in [0.2, 0.25) is 5.91 Å². The van der Waals surface area contributed by atoms with E-state index in [0.717, 1.165) is 24.3 Å². The molecule has 0 bridgehead atoms. The van der Waals surface area contributed by atoms with Crippen LogP contribution in [0.15, 0.2) is 36.4 Å². The quantitative estimate of drug-likeness (QED) is 0.832. The van der Waals surface area contributed by atoms with E-state index in [9.17, 15) is 4.79 Å². The van der Waals surface area contributed by atoms with Gasteiger partial charge in [-0.25, -0.2) is 0 Å². The summed E-state index contributed by atoms with van der Waals surface area (Å²) in [6.07, 6.45) is 0.849. The monoisotopic (exact) mass is 337 g/mol. The maximum atomic E-state index is 13.2. The van der Waals surface area contributed by atoms with Gasteiger partial charge in [0, 0.05) is 13.1 Å². The summed E-state index contributed by atoms with van der Waals surface area (Å²) in [6, 6.07) is 12.3. The summed E-state index contributed by atoms with van der Waals surface area (Å²) in [4.78, 5) is 15.2. The summed E-state index contributed by atoms with van der Waals surface area (Å²) in [5, 5.41) is 0. The molecule has 0 radical (unpaired) electrons. The maximum Gasteiger partial charge on any atom is 0.233 e. The number of ether oxygens (including phenoxy) is 1. The molecule has 1 amide bonds. The Labute approximate surface area is 150 Å². The molecule has 3 rings (SSSR count). The van der Waals surface area contributed by atoms with E-state index < -0.39 is 5.41 Å². The molecule has 0 spiro atoms. The molecule has 0 aliphatic carbocycles. The van der Waals surface area contributed by atoms with Crippen molar-refractivity contribution < 1.29 is 9.53 Å². The lowest BCUT2D eigenvalue weighted by molar-refractivity contribution is -0.132. The van der Waals surface area contributed by atoms with E-state index in [4.69, 9.17) is 4.74 Å². The van der Waals surface area contributed by atoms with Gasteiger partial charge in [-0.1, -0.05) is 29.8 Å². The predicted octanol–water partition coefficient (Wildman–Crippen LogP) is 4.31. The topological polar surface area (TPSA) is 29.5 Å². The van der Waals surface area contributed by atoms with E-state index in [-0.39, 0.29) is 5.91 Å². The molecule has 3 heteroatoms. The Morgan fingerprint density at radius 3 is 2.24 bits per heavy atom. The molecule has 1 heterocycles. The molecule has 1 aliphatic rings. The molecule has 2 aromatic carbocycles. The van der Waals surface area contributed by atoms with E-state index >= 15 is 0 Å². The van der Waals surface area contributed by atoms with Crippen molar-refractivity contribution >= 4 is 5.91 Å². The molecule has 1 saturated heterocycles. The number of hydrogen-bond acceptors (Lipinski definition) is 2. The third kappa shape index (κ3) is 3.15. The lowest BCUT2D eigenvalue weighted by Crippen LogP contribution is -2.35. The molecular weight excluding hydrogens is 310 g/mol. The van der Waals surface area contributed by atoms with Crippen LogP contribution < -0.4 is 4.74 Å². The zero-order valence-corrected chi connectivity index (χ0v) is 15.8. The first-order chi connectivity index (χ1) is 11.8. The SMILES string of the molecule is COc1ccc([C@]2(C)CCN(Cc3c(C)cc(C)cc3C)C2=O)cc1. The fourth-order valence-electron chi connectivity index (χ4n) is 3.94. The normalized spacial score (nSPS) is 20.2. The van der Waals surface area contributed by atoms with Crippen LogP contribution in [0, 0.1) is 20.8 Å². The fraction of sp³-hybridized carbons (Fsp3) is 0.409. The summed E-state index contributed by atoms with van der Waals surface area (Å²) in [7, 11) is 1.66. The summed E-state index contributed by atoms with van der Waals surface area (Å²) in [5.74, 6) is 1.04. The Morgan fingerprint density at radius 1 is 1.08 bits per heavy atom. The zero-order valence-electron chi connectivity index (χ0n) is 15.8. The van der Waals surface area contributed by atoms with Crippen molar-refractivity contribution in [1.82, 2.24) is 4.90 Å². The minimum absolute atomic E-state index is 0.219. The molecule has 25 heavy (non-hydrogen) atoms. The number of aryl methyl sites for hydroxylation is 3. The number of nitrogens with zero attached hydrogens (tertiary/aromatic N) is 1. The number of methoxy groups -OCH3 is 1. The largest absolute Gasteiger partial charge is 0.497 e. The molecular formula is C22H27NO2. The highest BCUT2D eigenvalue weighted by Gasteiger charge is 2.44. The highest BCUT2D eigenvalue weighted by Crippen LogP contribution is 2.37. The number of carbonyl (C=O) groups is 1. The van der Waals surface area contributed by atoms with Gasteiger partial charge < -0.3 is 9.64 Å². The van der Waals surface area contributed by atoms with Crippen LogP contribution in [0.2, 0.25) is 0 Å². The van der Waals surface area contributed by atoms with Crippen LogP contribution in [0.5, 0.6) is 5.75 Å². The summed E-state index contributed by atoms with van der Waals surface area (Å²) < 4.78 is 5.23. The molecule has 3 nitrogen and oxygen atoms in total. The van der Waals surface area contributed by atoms with Crippen molar-refractivity contribution in [3.63, 3.8) is 0 Å². The number of carbonyl (C=O) groups excluding carboxylic acids is 1. The Balaban J connectivity index is 1.84. The third-order valence-electron chi connectivity index (χ3n) is 5.56. The molecule has 0 unspecified atom stereocenters. The average molecular weight is 337 g/mol. The predicted molar refractivity (Wildman–Crippen MR) is 101 cm³/mol. The Bertz CT molecular complexity index is 771. The molecule has 132 valence electrons. The highest BCUT2D eigenvalue weighted by molar-refractivity contribution is 5.90. The summed E-state index contributed by atoms with van der Waals surface area (Å²) in [6.45, 7) is 9.95. The van der Waals surface area contributed by atoms with Crippen molar-refractivity contribution in [2.45, 2.75) is 46.1 Å². The fourth-order valence-corrected chi connectivity index (χ4v) is 3.94. The smallest absolute Gasteiger partial charge is 0.233 e. The second-order valence-corrected chi connectivity index (χ2v) is 7.41. The van der Waals surface area contributed by atoms with E-state index in [1.807, 2.05) is 29.2 Å². The Kier molecular flexibility index (Phi) is 4.59. The average Bonchev–Trinajstić information content (AvgIpc) is 2.87. The number of benzene rings is 2. The van der Waals surface area contributed by atoms with Crippen LogP contribution in [0.4, 0.5) is 0 Å². The Hall–Kier alpha value is -2.29. The first kappa shape index (κ1) is 17.5. The van der Waals surface area contributed by atoms with Crippen LogP contribution in [0.25, 0.3) is 0 Å². The lowest BCUT2D eigenvalue weighted by Gasteiger charge is -2.25. The zero-order chi connectivity index (χ0) is 18.2. The van der Waals surface area contributed by atoms with Gasteiger partial charge in [0.05, 0.1) is 12.5 Å². The van der Waals surface area contributed by atoms with Gasteiger partial charge in [-0.15, -0.1) is 0 Å². The van der Waals surface area contributed by atoms with E-state index in [2.05, 4.69) is 39.8 Å². The number of amides is 1. The molecule has 1 aliphatic heterocycles. The van der Waals surface area contributed by atoms with Gasteiger partial charge in [0.25, 0.3) is 0 Å². The van der Waals surface area contributed by atoms with Gasteiger partial charge >= 0.3 is 0 Å². The standard InChI is InChI=1S/C22H27NO2/c1-15-12-16(2)20(17(3)13-15)14-23-11-10-22(4,21(23)24)18-6-8-19(25-5)9-7-18/h6-9,12-13H,10-11,14H2,1-5H3/t22-/m0/s1. The second kappa shape index (κ2) is 6.55. The van der Waals surface area contributed by atoms with Crippen molar-refractivity contribution in [3.05, 3.63) is 64.2 Å². The molecule has 0 saturated carbocycles. The van der Waals surface area contributed by atoms with Crippen LogP contribution >= 0.6 is 0 Å². The minimum Gasteiger partial charge on any atom is -0.497 e. The second-order valence-electron chi connectivity index (χ2n) is 7.41. The summed E-state index contributed by atoms with van der Waals surface area (Å²) in [5.41, 5.74) is 5.70. The number of rotatable bonds is 4. The van der Waals surface area contributed by atoms with E-state index in [1.165, 1.54) is 22.3 Å². The van der Waals surface area contributed by atoms with Gasteiger partial charge in [0.15, 0.2) is 0 Å². The molecule has 2 aromatic rings. The van der Waals surface area contributed by atoms with Crippen LogP contribution in [0.3, 0.4) is 0 Å². The number of hydrogen-bond donors (Lipinski definition) is 0. The van der Waals surface area contributed by atoms with Gasteiger partial charge in [0.1, 0.15) is 5.75 Å². The molecule has 0 N–H and O–H groups in total. The number of likely N-dealkylation sites (tertiary alicyclic amines) is 1. The first-order valence-electron chi connectivity index (χ1n) is 8.86. The Morgan fingerprint density at radius 2 is 1.68 bits per heavy atom. The van der Waals surface area contributed by atoms with Crippen LogP contribution in [-0.2, 0) is 16.8 Å². The minimum atomic E-state index is -0.446. The molecule has 1 atom stereocenters. The van der Waals surface area contributed by atoms with Crippen LogP contribution in [-0.4, -0.2) is 24.5 Å². The van der Waals surface area contributed by atoms with Gasteiger partial charge in [-0.05, 0) is 68.5 Å². The van der Waals surface area contributed by atoms with Gasteiger partial charge in [-0.3, -0.25) is 4.79 Å². The first-order valence-corrected chi connectivity index (χ1v) is 8.86. The summed E-state index contributed by atoms with van der Waals surface area (Å²) >= 11 is 0. The molecule has 0 aromatic heterocycles. The van der Waals surface area contributed by atoms with Crippen molar-refractivity contribution in [1.29, 1.82) is 0 Å². The van der Waals surface area contributed by atoms with Crippen molar-refractivity contribution in [2.24, 2.45) is 0 Å². The van der Waals surface area contributed by atoms with Crippen molar-refractivity contribution in [2.75, 3.05) is 13.7 Å². The lowest BCUT2D eigenvalue weighted by atomic mass is 9.81. The maximum absolute atomic E-state index is 13.2. The van der Waals surface area contributed by atoms with E-state index in [1.54, 1.807) is 7.11 Å². The third-order valence-corrected chi connectivity index (χ3v) is 5.56.